The van der Waals surface area contributed by atoms with Crippen LogP contribution in [0.3, 0.4) is 0 Å². The molecule has 0 aliphatic carbocycles. The highest BCUT2D eigenvalue weighted by atomic mass is 16.2. The van der Waals surface area contributed by atoms with Gasteiger partial charge in [0.1, 0.15) is 6.33 Å². The van der Waals surface area contributed by atoms with Crippen molar-refractivity contribution in [3.05, 3.63) is 48.0 Å². The topological polar surface area (TPSA) is 70.7 Å². The summed E-state index contributed by atoms with van der Waals surface area (Å²) >= 11 is 0. The van der Waals surface area contributed by atoms with Crippen molar-refractivity contribution in [2.24, 2.45) is 0 Å². The Labute approximate surface area is 99.3 Å². The summed E-state index contributed by atoms with van der Waals surface area (Å²) in [5.41, 5.74) is 1.09. The van der Waals surface area contributed by atoms with Crippen LogP contribution in [0.1, 0.15) is 35.6 Å². The molecule has 1 aromatic carbocycles. The molecular weight excluding hydrogens is 216 g/mol. The van der Waals surface area contributed by atoms with Gasteiger partial charge in [-0.15, -0.1) is 0 Å². The van der Waals surface area contributed by atoms with Crippen LogP contribution in [-0.2, 0) is 0 Å². The average molecular weight is 230 g/mol. The van der Waals surface area contributed by atoms with Gasteiger partial charge >= 0.3 is 0 Å². The zero-order valence-corrected chi connectivity index (χ0v) is 9.55. The number of nitrogens with zero attached hydrogens (tertiary/aromatic N) is 2. The summed E-state index contributed by atoms with van der Waals surface area (Å²) < 4.78 is 0. The number of aromatic amines is 1. The predicted octanol–water partition coefficient (Wildman–Crippen LogP) is 1.69. The molecule has 17 heavy (non-hydrogen) atoms. The van der Waals surface area contributed by atoms with Crippen molar-refractivity contribution in [2.45, 2.75) is 19.4 Å². The summed E-state index contributed by atoms with van der Waals surface area (Å²) in [5, 5.41) is 9.11. The van der Waals surface area contributed by atoms with Crippen molar-refractivity contribution in [1.29, 1.82) is 0 Å². The van der Waals surface area contributed by atoms with Crippen molar-refractivity contribution in [3.8, 4) is 0 Å². The summed E-state index contributed by atoms with van der Waals surface area (Å²) in [7, 11) is 0. The average Bonchev–Trinajstić information content (AvgIpc) is 2.90. The second-order valence-corrected chi connectivity index (χ2v) is 3.68. The lowest BCUT2D eigenvalue weighted by molar-refractivity contribution is 0.0925. The number of carbonyl (C=O) groups excluding carboxylic acids is 1. The fourth-order valence-electron chi connectivity index (χ4n) is 1.65. The van der Waals surface area contributed by atoms with Crippen LogP contribution < -0.4 is 5.32 Å². The number of carbonyl (C=O) groups is 1. The van der Waals surface area contributed by atoms with Gasteiger partial charge in [0.2, 0.25) is 5.82 Å². The first-order valence-electron chi connectivity index (χ1n) is 5.52. The van der Waals surface area contributed by atoms with Crippen LogP contribution >= 0.6 is 0 Å². The van der Waals surface area contributed by atoms with Crippen molar-refractivity contribution >= 4 is 5.91 Å². The number of hydrogen-bond donors (Lipinski definition) is 2. The maximum absolute atomic E-state index is 11.8. The van der Waals surface area contributed by atoms with Crippen molar-refractivity contribution in [3.63, 3.8) is 0 Å². The van der Waals surface area contributed by atoms with Crippen LogP contribution in [0.15, 0.2) is 36.7 Å². The highest BCUT2D eigenvalue weighted by Crippen LogP contribution is 2.15. The van der Waals surface area contributed by atoms with Crippen LogP contribution in [-0.4, -0.2) is 21.1 Å². The molecule has 0 bridgehead atoms. The minimum absolute atomic E-state index is 0.00574. The van der Waals surface area contributed by atoms with E-state index < -0.39 is 0 Å². The van der Waals surface area contributed by atoms with E-state index in [0.29, 0.717) is 0 Å². The minimum atomic E-state index is -0.238. The third kappa shape index (κ3) is 2.69. The first kappa shape index (κ1) is 11.3. The van der Waals surface area contributed by atoms with Gasteiger partial charge in [0.25, 0.3) is 5.91 Å². The molecule has 1 heterocycles. The van der Waals surface area contributed by atoms with Crippen molar-refractivity contribution in [2.75, 3.05) is 0 Å². The van der Waals surface area contributed by atoms with Gasteiger partial charge in [-0.1, -0.05) is 37.3 Å². The molecule has 0 radical (unpaired) electrons. The molecule has 2 aromatic rings. The largest absolute Gasteiger partial charge is 0.343 e. The Morgan fingerprint density at radius 2 is 2.18 bits per heavy atom. The molecule has 0 aliphatic heterocycles. The van der Waals surface area contributed by atoms with Crippen LogP contribution in [0.25, 0.3) is 0 Å². The van der Waals surface area contributed by atoms with Crippen LogP contribution in [0.4, 0.5) is 0 Å². The first-order chi connectivity index (χ1) is 8.31. The standard InChI is InChI=1S/C12H14N4O/c1-2-10(9-6-4-3-5-7-9)15-12(17)11-13-8-14-16-11/h3-8,10H,2H2,1H3,(H,15,17)(H,13,14,16). The number of amides is 1. The number of hydrogen-bond acceptors (Lipinski definition) is 3. The molecule has 5 heteroatoms. The van der Waals surface area contributed by atoms with Gasteiger partial charge in [-0.2, -0.15) is 5.10 Å². The molecular formula is C12H14N4O. The molecule has 1 amide bonds. The molecule has 0 saturated heterocycles. The zero-order chi connectivity index (χ0) is 12.1. The van der Waals surface area contributed by atoms with E-state index in [1.165, 1.54) is 6.33 Å². The highest BCUT2D eigenvalue weighted by molar-refractivity contribution is 5.90. The number of aromatic nitrogens is 3. The molecule has 2 N–H and O–H groups in total. The van der Waals surface area contributed by atoms with Crippen LogP contribution in [0.2, 0.25) is 0 Å². The number of nitrogens with one attached hydrogen (secondary N) is 2. The van der Waals surface area contributed by atoms with Crippen molar-refractivity contribution < 1.29 is 4.79 Å². The van der Waals surface area contributed by atoms with E-state index in [1.54, 1.807) is 0 Å². The van der Waals surface area contributed by atoms with Gasteiger partial charge in [-0.05, 0) is 12.0 Å². The molecule has 5 nitrogen and oxygen atoms in total. The third-order valence-electron chi connectivity index (χ3n) is 2.55. The Balaban J connectivity index is 2.09. The third-order valence-corrected chi connectivity index (χ3v) is 2.55. The molecule has 0 spiro atoms. The van der Waals surface area contributed by atoms with E-state index in [9.17, 15) is 4.79 Å². The van der Waals surface area contributed by atoms with Gasteiger partial charge in [0.05, 0.1) is 6.04 Å². The van der Waals surface area contributed by atoms with E-state index in [1.807, 2.05) is 37.3 Å². The Morgan fingerprint density at radius 1 is 1.41 bits per heavy atom. The van der Waals surface area contributed by atoms with Crippen LogP contribution in [0, 0.1) is 0 Å². The fraction of sp³-hybridized carbons (Fsp3) is 0.250. The molecule has 0 aliphatic rings. The fourth-order valence-corrected chi connectivity index (χ4v) is 1.65. The van der Waals surface area contributed by atoms with E-state index >= 15 is 0 Å². The summed E-state index contributed by atoms with van der Waals surface area (Å²) in [6.07, 6.45) is 2.14. The van der Waals surface area contributed by atoms with E-state index in [0.717, 1.165) is 12.0 Å². The SMILES string of the molecule is CCC(NC(=O)c1ncn[nH]1)c1ccccc1. The van der Waals surface area contributed by atoms with E-state index in [2.05, 4.69) is 20.5 Å². The predicted molar refractivity (Wildman–Crippen MR) is 63.3 cm³/mol. The summed E-state index contributed by atoms with van der Waals surface area (Å²) in [6.45, 7) is 2.03. The van der Waals surface area contributed by atoms with Gasteiger partial charge in [-0.3, -0.25) is 9.89 Å². The molecule has 0 fully saturated rings. The smallest absolute Gasteiger partial charge is 0.289 e. The molecule has 0 saturated carbocycles. The molecule has 88 valence electrons. The first-order valence-corrected chi connectivity index (χ1v) is 5.52. The summed E-state index contributed by atoms with van der Waals surface area (Å²) in [4.78, 5) is 15.6. The Hall–Kier alpha value is -2.17. The van der Waals surface area contributed by atoms with E-state index in [4.69, 9.17) is 0 Å². The molecule has 1 atom stereocenters. The normalized spacial score (nSPS) is 12.1. The summed E-state index contributed by atoms with van der Waals surface area (Å²) in [6, 6.07) is 9.85. The maximum Gasteiger partial charge on any atom is 0.289 e. The second kappa shape index (κ2) is 5.25. The van der Waals surface area contributed by atoms with E-state index in [-0.39, 0.29) is 17.8 Å². The maximum atomic E-state index is 11.8. The zero-order valence-electron chi connectivity index (χ0n) is 9.55. The number of H-pyrrole nitrogens is 1. The van der Waals surface area contributed by atoms with Gasteiger partial charge in [0.15, 0.2) is 0 Å². The van der Waals surface area contributed by atoms with Crippen molar-refractivity contribution in [1.82, 2.24) is 20.5 Å². The van der Waals surface area contributed by atoms with Gasteiger partial charge < -0.3 is 5.32 Å². The number of rotatable bonds is 4. The second-order valence-electron chi connectivity index (χ2n) is 3.68. The monoisotopic (exact) mass is 230 g/mol. The van der Waals surface area contributed by atoms with Crippen LogP contribution in [0.5, 0.6) is 0 Å². The lowest BCUT2D eigenvalue weighted by Gasteiger charge is -2.16. The molecule has 2 rings (SSSR count). The number of benzene rings is 1. The lowest BCUT2D eigenvalue weighted by Crippen LogP contribution is -2.29. The lowest BCUT2D eigenvalue weighted by atomic mass is 10.0. The Morgan fingerprint density at radius 3 is 2.76 bits per heavy atom. The molecule has 1 aromatic heterocycles. The highest BCUT2D eigenvalue weighted by Gasteiger charge is 2.15. The quantitative estimate of drug-likeness (QED) is 0.839. The van der Waals surface area contributed by atoms with Gasteiger partial charge in [0, 0.05) is 0 Å². The Bertz CT molecular complexity index is 467. The minimum Gasteiger partial charge on any atom is -0.343 e. The Kier molecular flexibility index (Phi) is 3.49. The van der Waals surface area contributed by atoms with Gasteiger partial charge in [-0.25, -0.2) is 4.98 Å². The summed E-state index contributed by atoms with van der Waals surface area (Å²) in [5.74, 6) is -0.00224. The molecule has 1 unspecified atom stereocenters.